The molecule has 0 saturated heterocycles. The molecule has 96 valence electrons. The summed E-state index contributed by atoms with van der Waals surface area (Å²) in [4.78, 5) is 7.63. The van der Waals surface area contributed by atoms with Gasteiger partial charge in [-0.25, -0.2) is 4.98 Å². The molecule has 17 heavy (non-hydrogen) atoms. The first-order chi connectivity index (χ1) is 8.26. The van der Waals surface area contributed by atoms with Crippen LogP contribution in [0.3, 0.4) is 0 Å². The molecule has 0 aromatic carbocycles. The molecule has 1 unspecified atom stereocenters. The zero-order valence-electron chi connectivity index (χ0n) is 10.4. The number of ether oxygens (including phenoxy) is 1. The summed E-state index contributed by atoms with van der Waals surface area (Å²) in [6.07, 6.45) is 4.41. The predicted octanol–water partition coefficient (Wildman–Crippen LogP) is 1.89. The summed E-state index contributed by atoms with van der Waals surface area (Å²) in [6.45, 7) is 3.92. The fraction of sp³-hybridized carbons (Fsp3) is 0.750. The lowest BCUT2D eigenvalue weighted by Gasteiger charge is -2.28. The fourth-order valence-electron chi connectivity index (χ4n) is 2.00. The molecule has 4 nitrogen and oxygen atoms in total. The molecule has 1 aromatic rings. The van der Waals surface area contributed by atoms with E-state index in [1.165, 1.54) is 12.8 Å². The van der Waals surface area contributed by atoms with Crippen molar-refractivity contribution in [1.29, 1.82) is 0 Å². The standard InChI is InChI=1S/C12H20N2O2S/c1-9(10-3-4-10)14(5-6-16-2)12-13-7-11(8-15)17-12/h7,9-10,15H,3-6,8H2,1-2H3. The minimum atomic E-state index is 0.0770. The largest absolute Gasteiger partial charge is 0.391 e. The normalized spacial score (nSPS) is 17.1. The van der Waals surface area contributed by atoms with Gasteiger partial charge in [0.1, 0.15) is 0 Å². The van der Waals surface area contributed by atoms with Gasteiger partial charge in [0, 0.05) is 25.9 Å². The Morgan fingerprint density at radius 2 is 2.41 bits per heavy atom. The number of aliphatic hydroxyl groups excluding tert-OH is 1. The van der Waals surface area contributed by atoms with Gasteiger partial charge in [-0.05, 0) is 25.7 Å². The molecule has 0 aliphatic heterocycles. The van der Waals surface area contributed by atoms with Gasteiger partial charge in [-0.3, -0.25) is 0 Å². The van der Waals surface area contributed by atoms with E-state index in [4.69, 9.17) is 9.84 Å². The van der Waals surface area contributed by atoms with Crippen molar-refractivity contribution >= 4 is 16.5 Å². The Labute approximate surface area is 106 Å². The maximum absolute atomic E-state index is 9.10. The van der Waals surface area contributed by atoms with E-state index in [9.17, 15) is 0 Å². The molecule has 1 atom stereocenters. The SMILES string of the molecule is COCCN(c1ncc(CO)s1)C(C)C1CC1. The third kappa shape index (κ3) is 3.18. The molecular weight excluding hydrogens is 236 g/mol. The molecule has 1 aliphatic carbocycles. The number of aliphatic hydroxyl groups is 1. The third-order valence-corrected chi connectivity index (χ3v) is 4.29. The zero-order chi connectivity index (χ0) is 12.3. The van der Waals surface area contributed by atoms with Crippen molar-refractivity contribution in [1.82, 2.24) is 4.98 Å². The monoisotopic (exact) mass is 256 g/mol. The summed E-state index contributed by atoms with van der Waals surface area (Å²) in [5, 5.41) is 10.1. The zero-order valence-corrected chi connectivity index (χ0v) is 11.2. The van der Waals surface area contributed by atoms with Gasteiger partial charge in [-0.1, -0.05) is 11.3 Å². The van der Waals surface area contributed by atoms with Gasteiger partial charge in [0.2, 0.25) is 0 Å². The Balaban J connectivity index is 2.07. The van der Waals surface area contributed by atoms with Crippen LogP contribution in [0.4, 0.5) is 5.13 Å². The van der Waals surface area contributed by atoms with E-state index in [0.29, 0.717) is 12.6 Å². The molecule has 5 heteroatoms. The van der Waals surface area contributed by atoms with Crippen LogP contribution in [0.2, 0.25) is 0 Å². The molecule has 2 rings (SSSR count). The van der Waals surface area contributed by atoms with Gasteiger partial charge < -0.3 is 14.7 Å². The number of hydrogen-bond donors (Lipinski definition) is 1. The minimum Gasteiger partial charge on any atom is -0.391 e. The Bertz CT molecular complexity index is 352. The molecule has 0 bridgehead atoms. The quantitative estimate of drug-likeness (QED) is 0.809. The maximum Gasteiger partial charge on any atom is 0.185 e. The van der Waals surface area contributed by atoms with E-state index in [1.54, 1.807) is 24.6 Å². The molecule has 1 saturated carbocycles. The highest BCUT2D eigenvalue weighted by atomic mass is 32.1. The molecule has 0 radical (unpaired) electrons. The van der Waals surface area contributed by atoms with Crippen molar-refractivity contribution in [2.24, 2.45) is 5.92 Å². The second-order valence-corrected chi connectivity index (χ2v) is 5.63. The van der Waals surface area contributed by atoms with Gasteiger partial charge in [-0.2, -0.15) is 0 Å². The summed E-state index contributed by atoms with van der Waals surface area (Å²) in [7, 11) is 1.72. The highest BCUT2D eigenvalue weighted by molar-refractivity contribution is 7.15. The fourth-order valence-corrected chi connectivity index (χ4v) is 2.88. The highest BCUT2D eigenvalue weighted by Crippen LogP contribution is 2.37. The van der Waals surface area contributed by atoms with Crippen molar-refractivity contribution in [3.63, 3.8) is 0 Å². The van der Waals surface area contributed by atoms with Crippen molar-refractivity contribution in [3.8, 4) is 0 Å². The van der Waals surface area contributed by atoms with E-state index < -0.39 is 0 Å². The van der Waals surface area contributed by atoms with Gasteiger partial charge in [-0.15, -0.1) is 0 Å². The predicted molar refractivity (Wildman–Crippen MR) is 69.4 cm³/mol. The lowest BCUT2D eigenvalue weighted by molar-refractivity contribution is 0.202. The maximum atomic E-state index is 9.10. The van der Waals surface area contributed by atoms with Gasteiger partial charge in [0.25, 0.3) is 0 Å². The van der Waals surface area contributed by atoms with Crippen LogP contribution in [0.5, 0.6) is 0 Å². The van der Waals surface area contributed by atoms with Crippen LogP contribution in [0.15, 0.2) is 6.20 Å². The molecule has 1 fully saturated rings. The Hall–Kier alpha value is -0.650. The van der Waals surface area contributed by atoms with Crippen LogP contribution >= 0.6 is 11.3 Å². The number of hydrogen-bond acceptors (Lipinski definition) is 5. The first-order valence-electron chi connectivity index (χ1n) is 6.07. The molecule has 1 aliphatic rings. The Morgan fingerprint density at radius 1 is 1.65 bits per heavy atom. The Morgan fingerprint density at radius 3 is 2.94 bits per heavy atom. The number of methoxy groups -OCH3 is 1. The molecule has 1 aromatic heterocycles. The van der Waals surface area contributed by atoms with E-state index in [-0.39, 0.29) is 6.61 Å². The van der Waals surface area contributed by atoms with E-state index in [0.717, 1.165) is 22.5 Å². The number of nitrogens with zero attached hydrogens (tertiary/aromatic N) is 2. The van der Waals surface area contributed by atoms with Crippen molar-refractivity contribution in [2.45, 2.75) is 32.4 Å². The summed E-state index contributed by atoms with van der Waals surface area (Å²) < 4.78 is 5.16. The van der Waals surface area contributed by atoms with Crippen LogP contribution in [-0.2, 0) is 11.3 Å². The summed E-state index contributed by atoms with van der Waals surface area (Å²) in [5.74, 6) is 0.799. The molecule has 1 heterocycles. The van der Waals surface area contributed by atoms with Crippen LogP contribution in [0, 0.1) is 5.92 Å². The third-order valence-electron chi connectivity index (χ3n) is 3.28. The van der Waals surface area contributed by atoms with Crippen LogP contribution < -0.4 is 4.90 Å². The summed E-state index contributed by atoms with van der Waals surface area (Å²) >= 11 is 1.57. The second-order valence-electron chi connectivity index (χ2n) is 4.53. The number of thiazole rings is 1. The second kappa shape index (κ2) is 5.80. The molecular formula is C12H20N2O2S. The first-order valence-corrected chi connectivity index (χ1v) is 6.89. The van der Waals surface area contributed by atoms with Gasteiger partial charge in [0.05, 0.1) is 18.1 Å². The summed E-state index contributed by atoms with van der Waals surface area (Å²) in [5.41, 5.74) is 0. The lowest BCUT2D eigenvalue weighted by atomic mass is 10.2. The van der Waals surface area contributed by atoms with E-state index >= 15 is 0 Å². The topological polar surface area (TPSA) is 45.6 Å². The van der Waals surface area contributed by atoms with E-state index in [2.05, 4.69) is 16.8 Å². The molecule has 0 spiro atoms. The molecule has 1 N–H and O–H groups in total. The highest BCUT2D eigenvalue weighted by Gasteiger charge is 2.33. The Kier molecular flexibility index (Phi) is 4.36. The average Bonchev–Trinajstić information content (AvgIpc) is 3.09. The number of rotatable bonds is 7. The molecule has 0 amide bonds. The van der Waals surface area contributed by atoms with Crippen LogP contribution in [0.25, 0.3) is 0 Å². The van der Waals surface area contributed by atoms with Crippen molar-refractivity contribution in [2.75, 3.05) is 25.2 Å². The minimum absolute atomic E-state index is 0.0770. The van der Waals surface area contributed by atoms with Crippen LogP contribution in [-0.4, -0.2) is 36.4 Å². The van der Waals surface area contributed by atoms with E-state index in [1.807, 2.05) is 0 Å². The lowest BCUT2D eigenvalue weighted by Crippen LogP contribution is -2.37. The first kappa shape index (κ1) is 12.8. The van der Waals surface area contributed by atoms with Gasteiger partial charge >= 0.3 is 0 Å². The summed E-state index contributed by atoms with van der Waals surface area (Å²) in [6, 6.07) is 0.517. The van der Waals surface area contributed by atoms with Gasteiger partial charge in [0.15, 0.2) is 5.13 Å². The number of anilines is 1. The number of aromatic nitrogens is 1. The average molecular weight is 256 g/mol. The smallest absolute Gasteiger partial charge is 0.185 e. The van der Waals surface area contributed by atoms with Crippen LogP contribution in [0.1, 0.15) is 24.6 Å². The van der Waals surface area contributed by atoms with Crippen molar-refractivity contribution in [3.05, 3.63) is 11.1 Å². The van der Waals surface area contributed by atoms with Crippen molar-refractivity contribution < 1.29 is 9.84 Å².